The molecule has 0 spiro atoms. The Hall–Kier alpha value is -0.380. The maximum Gasteiger partial charge on any atom is 0.314 e. The number of carbonyl (C=O) groups is 1. The Labute approximate surface area is 91.4 Å². The summed E-state index contributed by atoms with van der Waals surface area (Å²) in [6, 6.07) is -0.0540. The molecule has 0 saturated heterocycles. The molecular formula is C10H22N2OS. The van der Waals surface area contributed by atoms with Crippen LogP contribution < -0.4 is 10.6 Å². The molecule has 0 aliphatic carbocycles. The third kappa shape index (κ3) is 9.71. The standard InChI is InChI=1S/C10H22N2OS/c1-3-5-6-8-14-9-7-12-10(13)11-4-2/h3-9H2,1-2H3,(H2,11,12,13). The molecule has 0 unspecified atom stereocenters. The summed E-state index contributed by atoms with van der Waals surface area (Å²) in [6.45, 7) is 5.58. The zero-order valence-corrected chi connectivity index (χ0v) is 10.1. The van der Waals surface area contributed by atoms with E-state index in [1.807, 2.05) is 18.7 Å². The zero-order valence-electron chi connectivity index (χ0n) is 9.27. The van der Waals surface area contributed by atoms with E-state index in [1.165, 1.54) is 25.0 Å². The SMILES string of the molecule is CCCCCSCCNC(=O)NCC. The fourth-order valence-electron chi connectivity index (χ4n) is 1.02. The molecule has 0 fully saturated rings. The van der Waals surface area contributed by atoms with Crippen LogP contribution in [0.2, 0.25) is 0 Å². The van der Waals surface area contributed by atoms with Crippen LogP contribution in [0.1, 0.15) is 33.1 Å². The highest BCUT2D eigenvalue weighted by Crippen LogP contribution is 2.04. The first-order valence-electron chi connectivity index (χ1n) is 5.40. The van der Waals surface area contributed by atoms with E-state index >= 15 is 0 Å². The van der Waals surface area contributed by atoms with Crippen molar-refractivity contribution in [2.75, 3.05) is 24.6 Å². The van der Waals surface area contributed by atoms with Crippen molar-refractivity contribution in [1.29, 1.82) is 0 Å². The van der Waals surface area contributed by atoms with Gasteiger partial charge < -0.3 is 10.6 Å². The van der Waals surface area contributed by atoms with Gasteiger partial charge >= 0.3 is 6.03 Å². The van der Waals surface area contributed by atoms with Crippen LogP contribution in [0, 0.1) is 0 Å². The van der Waals surface area contributed by atoms with Crippen LogP contribution >= 0.6 is 11.8 Å². The van der Waals surface area contributed by atoms with Gasteiger partial charge in [0.05, 0.1) is 0 Å². The molecule has 0 atom stereocenters. The Morgan fingerprint density at radius 1 is 1.14 bits per heavy atom. The summed E-state index contributed by atoms with van der Waals surface area (Å²) in [5.41, 5.74) is 0. The van der Waals surface area contributed by atoms with Gasteiger partial charge in [0.25, 0.3) is 0 Å². The minimum atomic E-state index is -0.0540. The van der Waals surface area contributed by atoms with E-state index in [9.17, 15) is 4.79 Å². The quantitative estimate of drug-likeness (QED) is 0.613. The lowest BCUT2D eigenvalue weighted by Crippen LogP contribution is -2.36. The van der Waals surface area contributed by atoms with Crippen LogP contribution in [0.15, 0.2) is 0 Å². The number of hydrogen-bond acceptors (Lipinski definition) is 2. The molecule has 0 radical (unpaired) electrons. The van der Waals surface area contributed by atoms with Crippen molar-refractivity contribution in [3.63, 3.8) is 0 Å². The Bertz CT molecular complexity index is 142. The molecule has 0 heterocycles. The van der Waals surface area contributed by atoms with E-state index in [2.05, 4.69) is 17.6 Å². The second kappa shape index (κ2) is 10.7. The molecule has 3 nitrogen and oxygen atoms in total. The number of urea groups is 1. The predicted molar refractivity (Wildman–Crippen MR) is 63.9 cm³/mol. The van der Waals surface area contributed by atoms with Crippen molar-refractivity contribution in [1.82, 2.24) is 10.6 Å². The molecule has 0 aromatic carbocycles. The highest BCUT2D eigenvalue weighted by molar-refractivity contribution is 7.99. The lowest BCUT2D eigenvalue weighted by Gasteiger charge is -2.05. The topological polar surface area (TPSA) is 41.1 Å². The minimum Gasteiger partial charge on any atom is -0.338 e. The lowest BCUT2D eigenvalue weighted by molar-refractivity contribution is 0.242. The highest BCUT2D eigenvalue weighted by Gasteiger charge is 1.95. The number of rotatable bonds is 8. The lowest BCUT2D eigenvalue weighted by atomic mass is 10.3. The van der Waals surface area contributed by atoms with Gasteiger partial charge in [-0.1, -0.05) is 19.8 Å². The largest absolute Gasteiger partial charge is 0.338 e. The van der Waals surface area contributed by atoms with Crippen molar-refractivity contribution >= 4 is 17.8 Å². The van der Waals surface area contributed by atoms with Crippen LogP contribution in [0.5, 0.6) is 0 Å². The van der Waals surface area contributed by atoms with Crippen molar-refractivity contribution < 1.29 is 4.79 Å². The first-order valence-corrected chi connectivity index (χ1v) is 6.56. The number of carbonyl (C=O) groups excluding carboxylic acids is 1. The molecular weight excluding hydrogens is 196 g/mol. The number of thioether (sulfide) groups is 1. The molecule has 0 bridgehead atoms. The Balaban J connectivity index is 3.01. The maximum absolute atomic E-state index is 10.9. The van der Waals surface area contributed by atoms with E-state index < -0.39 is 0 Å². The fourth-order valence-corrected chi connectivity index (χ4v) is 1.87. The first kappa shape index (κ1) is 13.6. The van der Waals surface area contributed by atoms with Gasteiger partial charge in [0.1, 0.15) is 0 Å². The van der Waals surface area contributed by atoms with Crippen molar-refractivity contribution in [2.24, 2.45) is 0 Å². The second-order valence-electron chi connectivity index (χ2n) is 3.11. The van der Waals surface area contributed by atoms with Gasteiger partial charge in [-0.3, -0.25) is 0 Å². The number of nitrogens with one attached hydrogen (secondary N) is 2. The van der Waals surface area contributed by atoms with Gasteiger partial charge in [0.2, 0.25) is 0 Å². The summed E-state index contributed by atoms with van der Waals surface area (Å²) >= 11 is 1.91. The van der Waals surface area contributed by atoms with Crippen LogP contribution in [-0.2, 0) is 0 Å². The van der Waals surface area contributed by atoms with Gasteiger partial charge in [0, 0.05) is 18.8 Å². The molecule has 2 amide bonds. The molecule has 0 saturated carbocycles. The number of hydrogen-bond donors (Lipinski definition) is 2. The van der Waals surface area contributed by atoms with E-state index in [-0.39, 0.29) is 6.03 Å². The zero-order chi connectivity index (χ0) is 10.6. The van der Waals surface area contributed by atoms with Crippen LogP contribution in [0.3, 0.4) is 0 Å². The summed E-state index contributed by atoms with van der Waals surface area (Å²) in [4.78, 5) is 10.9. The molecule has 0 aliphatic rings. The van der Waals surface area contributed by atoms with E-state index in [0.29, 0.717) is 6.54 Å². The molecule has 0 aromatic rings. The van der Waals surface area contributed by atoms with Crippen molar-refractivity contribution in [3.8, 4) is 0 Å². The van der Waals surface area contributed by atoms with E-state index in [1.54, 1.807) is 0 Å². The summed E-state index contributed by atoms with van der Waals surface area (Å²) in [6.07, 6.45) is 3.89. The second-order valence-corrected chi connectivity index (χ2v) is 4.33. The smallest absolute Gasteiger partial charge is 0.314 e. The molecule has 4 heteroatoms. The van der Waals surface area contributed by atoms with Gasteiger partial charge in [-0.15, -0.1) is 0 Å². The van der Waals surface area contributed by atoms with Crippen LogP contribution in [0.4, 0.5) is 4.79 Å². The number of amides is 2. The van der Waals surface area contributed by atoms with Crippen LogP contribution in [-0.4, -0.2) is 30.6 Å². The predicted octanol–water partition coefficient (Wildman–Crippen LogP) is 2.23. The summed E-state index contributed by atoms with van der Waals surface area (Å²) in [5.74, 6) is 2.23. The normalized spacial score (nSPS) is 9.86. The summed E-state index contributed by atoms with van der Waals surface area (Å²) in [5, 5.41) is 5.50. The Morgan fingerprint density at radius 2 is 1.93 bits per heavy atom. The molecule has 0 rings (SSSR count). The molecule has 14 heavy (non-hydrogen) atoms. The molecule has 2 N–H and O–H groups in total. The van der Waals surface area contributed by atoms with Gasteiger partial charge in [-0.2, -0.15) is 11.8 Å². The molecule has 0 aliphatic heterocycles. The van der Waals surface area contributed by atoms with Gasteiger partial charge in [-0.05, 0) is 19.1 Å². The van der Waals surface area contributed by atoms with Crippen molar-refractivity contribution in [3.05, 3.63) is 0 Å². The summed E-state index contributed by atoms with van der Waals surface area (Å²) in [7, 11) is 0. The monoisotopic (exact) mass is 218 g/mol. The highest BCUT2D eigenvalue weighted by atomic mass is 32.2. The van der Waals surface area contributed by atoms with Crippen molar-refractivity contribution in [2.45, 2.75) is 33.1 Å². The average molecular weight is 218 g/mol. The number of unbranched alkanes of at least 4 members (excludes halogenated alkanes) is 2. The summed E-state index contributed by atoms with van der Waals surface area (Å²) < 4.78 is 0. The third-order valence-corrected chi connectivity index (χ3v) is 2.83. The minimum absolute atomic E-state index is 0.0540. The Kier molecular flexibility index (Phi) is 10.4. The van der Waals surface area contributed by atoms with Gasteiger partial charge in [0.15, 0.2) is 0 Å². The third-order valence-electron chi connectivity index (χ3n) is 1.76. The molecule has 0 aromatic heterocycles. The van der Waals surface area contributed by atoms with Gasteiger partial charge in [-0.25, -0.2) is 4.79 Å². The molecule has 84 valence electrons. The maximum atomic E-state index is 10.9. The average Bonchev–Trinajstić information content (AvgIpc) is 2.17. The van der Waals surface area contributed by atoms with E-state index in [0.717, 1.165) is 12.3 Å². The Morgan fingerprint density at radius 3 is 2.57 bits per heavy atom. The first-order chi connectivity index (χ1) is 6.81. The van der Waals surface area contributed by atoms with E-state index in [4.69, 9.17) is 0 Å². The fraction of sp³-hybridized carbons (Fsp3) is 0.900. The van der Waals surface area contributed by atoms with Crippen LogP contribution in [0.25, 0.3) is 0 Å².